The lowest BCUT2D eigenvalue weighted by molar-refractivity contribution is 0.295. The van der Waals surface area contributed by atoms with Crippen molar-refractivity contribution in [2.45, 2.75) is 26.9 Å². The summed E-state index contributed by atoms with van der Waals surface area (Å²) in [7, 11) is 0. The fraction of sp³-hybridized carbons (Fsp3) is 0.286. The molecule has 94 valence electrons. The Morgan fingerprint density at radius 2 is 2.06 bits per heavy atom. The summed E-state index contributed by atoms with van der Waals surface area (Å²) in [5, 5.41) is 0. The predicted octanol–water partition coefficient (Wildman–Crippen LogP) is 2.51. The van der Waals surface area contributed by atoms with Gasteiger partial charge in [0.15, 0.2) is 5.82 Å². The van der Waals surface area contributed by atoms with Crippen molar-refractivity contribution < 1.29 is 4.74 Å². The van der Waals surface area contributed by atoms with Crippen LogP contribution in [0.3, 0.4) is 0 Å². The zero-order valence-electron chi connectivity index (χ0n) is 10.7. The maximum atomic E-state index is 5.67. The van der Waals surface area contributed by atoms with E-state index in [0.29, 0.717) is 18.2 Å². The minimum atomic E-state index is 0.332. The Kier molecular flexibility index (Phi) is 3.77. The van der Waals surface area contributed by atoms with Crippen LogP contribution in [0.15, 0.2) is 30.3 Å². The first kappa shape index (κ1) is 12.4. The van der Waals surface area contributed by atoms with E-state index in [1.165, 1.54) is 5.56 Å². The highest BCUT2D eigenvalue weighted by Gasteiger charge is 2.02. The van der Waals surface area contributed by atoms with E-state index in [1.54, 1.807) is 6.07 Å². The Morgan fingerprint density at radius 3 is 2.78 bits per heavy atom. The monoisotopic (exact) mass is 243 g/mol. The van der Waals surface area contributed by atoms with Crippen LogP contribution in [0.4, 0.5) is 5.82 Å². The van der Waals surface area contributed by atoms with Crippen LogP contribution >= 0.6 is 0 Å². The molecule has 0 saturated heterocycles. The Labute approximate surface area is 107 Å². The standard InChI is InChI=1S/C14H17N3O/c1-3-11-5-4-6-12(8-11)18-9-14-16-10(2)7-13(15)17-14/h4-8H,3,9H2,1-2H3,(H2,15,16,17). The topological polar surface area (TPSA) is 61.0 Å². The SMILES string of the molecule is CCc1cccc(OCc2nc(C)cc(N)n2)c1. The normalized spacial score (nSPS) is 10.3. The zero-order valence-corrected chi connectivity index (χ0v) is 10.7. The first-order chi connectivity index (χ1) is 8.67. The lowest BCUT2D eigenvalue weighted by atomic mass is 10.2. The molecule has 0 unspecified atom stereocenters. The summed E-state index contributed by atoms with van der Waals surface area (Å²) in [6.07, 6.45) is 0.991. The summed E-state index contributed by atoms with van der Waals surface area (Å²) in [6.45, 7) is 4.34. The van der Waals surface area contributed by atoms with E-state index >= 15 is 0 Å². The zero-order chi connectivity index (χ0) is 13.0. The van der Waals surface area contributed by atoms with Gasteiger partial charge in [-0.1, -0.05) is 19.1 Å². The highest BCUT2D eigenvalue weighted by atomic mass is 16.5. The van der Waals surface area contributed by atoms with Crippen LogP contribution in [0.2, 0.25) is 0 Å². The van der Waals surface area contributed by atoms with Crippen molar-refractivity contribution in [1.82, 2.24) is 9.97 Å². The maximum absolute atomic E-state index is 5.67. The van der Waals surface area contributed by atoms with Gasteiger partial charge in [-0.15, -0.1) is 0 Å². The average Bonchev–Trinajstić information content (AvgIpc) is 2.35. The molecular formula is C14H17N3O. The number of hydrogen-bond acceptors (Lipinski definition) is 4. The number of hydrogen-bond donors (Lipinski definition) is 1. The van der Waals surface area contributed by atoms with Gasteiger partial charge in [0.05, 0.1) is 0 Å². The molecule has 4 heteroatoms. The van der Waals surface area contributed by atoms with E-state index in [-0.39, 0.29) is 0 Å². The molecule has 2 rings (SSSR count). The molecule has 0 bridgehead atoms. The van der Waals surface area contributed by atoms with Gasteiger partial charge in [-0.25, -0.2) is 9.97 Å². The number of ether oxygens (including phenoxy) is 1. The highest BCUT2D eigenvalue weighted by Crippen LogP contribution is 2.15. The summed E-state index contributed by atoms with van der Waals surface area (Å²) in [5.41, 5.74) is 7.77. The van der Waals surface area contributed by atoms with Gasteiger partial charge in [-0.05, 0) is 31.0 Å². The fourth-order valence-corrected chi connectivity index (χ4v) is 1.72. The van der Waals surface area contributed by atoms with Crippen LogP contribution in [0.5, 0.6) is 5.75 Å². The van der Waals surface area contributed by atoms with Crippen LogP contribution in [0, 0.1) is 6.92 Å². The molecule has 0 fully saturated rings. The minimum Gasteiger partial charge on any atom is -0.486 e. The van der Waals surface area contributed by atoms with Crippen LogP contribution in [-0.2, 0) is 13.0 Å². The quantitative estimate of drug-likeness (QED) is 0.896. The van der Waals surface area contributed by atoms with Gasteiger partial charge in [0.2, 0.25) is 0 Å². The second-order valence-corrected chi connectivity index (χ2v) is 4.14. The fourth-order valence-electron chi connectivity index (χ4n) is 1.72. The number of anilines is 1. The number of aryl methyl sites for hydroxylation is 2. The Balaban J connectivity index is 2.06. The van der Waals surface area contributed by atoms with Crippen molar-refractivity contribution in [3.05, 3.63) is 47.4 Å². The summed E-state index contributed by atoms with van der Waals surface area (Å²) in [4.78, 5) is 8.41. The van der Waals surface area contributed by atoms with Gasteiger partial charge in [0.1, 0.15) is 18.2 Å². The average molecular weight is 243 g/mol. The van der Waals surface area contributed by atoms with E-state index in [4.69, 9.17) is 10.5 Å². The smallest absolute Gasteiger partial charge is 0.168 e. The summed E-state index contributed by atoms with van der Waals surface area (Å²) in [6, 6.07) is 9.76. The molecule has 0 aliphatic heterocycles. The molecule has 0 aliphatic rings. The number of nitrogens with two attached hydrogens (primary N) is 1. The second kappa shape index (κ2) is 5.49. The first-order valence-corrected chi connectivity index (χ1v) is 5.99. The lowest BCUT2D eigenvalue weighted by Crippen LogP contribution is -2.05. The third-order valence-corrected chi connectivity index (χ3v) is 2.59. The van der Waals surface area contributed by atoms with E-state index in [9.17, 15) is 0 Å². The van der Waals surface area contributed by atoms with Crippen molar-refractivity contribution in [2.24, 2.45) is 0 Å². The highest BCUT2D eigenvalue weighted by molar-refractivity contribution is 5.30. The van der Waals surface area contributed by atoms with Crippen molar-refractivity contribution in [2.75, 3.05) is 5.73 Å². The van der Waals surface area contributed by atoms with E-state index in [2.05, 4.69) is 23.0 Å². The van der Waals surface area contributed by atoms with Gasteiger partial charge in [-0.2, -0.15) is 0 Å². The Morgan fingerprint density at radius 1 is 1.22 bits per heavy atom. The van der Waals surface area contributed by atoms with Crippen molar-refractivity contribution in [1.29, 1.82) is 0 Å². The van der Waals surface area contributed by atoms with Gasteiger partial charge < -0.3 is 10.5 Å². The molecule has 0 amide bonds. The van der Waals surface area contributed by atoms with Crippen molar-refractivity contribution >= 4 is 5.82 Å². The predicted molar refractivity (Wildman–Crippen MR) is 71.3 cm³/mol. The van der Waals surface area contributed by atoms with Crippen LogP contribution in [-0.4, -0.2) is 9.97 Å². The molecule has 2 N–H and O–H groups in total. The molecule has 1 heterocycles. The van der Waals surface area contributed by atoms with Gasteiger partial charge in [0, 0.05) is 11.8 Å². The molecule has 0 aliphatic carbocycles. The second-order valence-electron chi connectivity index (χ2n) is 4.14. The lowest BCUT2D eigenvalue weighted by Gasteiger charge is -2.07. The number of benzene rings is 1. The van der Waals surface area contributed by atoms with Crippen molar-refractivity contribution in [3.8, 4) is 5.75 Å². The largest absolute Gasteiger partial charge is 0.486 e. The molecular weight excluding hydrogens is 226 g/mol. The van der Waals surface area contributed by atoms with Crippen LogP contribution in [0.25, 0.3) is 0 Å². The van der Waals surface area contributed by atoms with Crippen LogP contribution in [0.1, 0.15) is 24.0 Å². The molecule has 1 aromatic heterocycles. The van der Waals surface area contributed by atoms with Gasteiger partial charge in [-0.3, -0.25) is 0 Å². The Hall–Kier alpha value is -2.10. The molecule has 18 heavy (non-hydrogen) atoms. The molecule has 2 aromatic rings. The summed E-state index contributed by atoms with van der Waals surface area (Å²) in [5.74, 6) is 1.91. The third kappa shape index (κ3) is 3.20. The number of nitrogens with zero attached hydrogens (tertiary/aromatic N) is 2. The minimum absolute atomic E-state index is 0.332. The molecule has 0 spiro atoms. The number of nitrogen functional groups attached to an aromatic ring is 1. The third-order valence-electron chi connectivity index (χ3n) is 2.59. The van der Waals surface area contributed by atoms with Gasteiger partial charge in [0.25, 0.3) is 0 Å². The first-order valence-electron chi connectivity index (χ1n) is 5.99. The number of rotatable bonds is 4. The Bertz CT molecular complexity index is 520. The van der Waals surface area contributed by atoms with Crippen LogP contribution < -0.4 is 10.5 Å². The van der Waals surface area contributed by atoms with Gasteiger partial charge >= 0.3 is 0 Å². The molecule has 1 aromatic carbocycles. The summed E-state index contributed by atoms with van der Waals surface area (Å²) >= 11 is 0. The van der Waals surface area contributed by atoms with E-state index < -0.39 is 0 Å². The van der Waals surface area contributed by atoms with E-state index in [1.807, 2.05) is 25.1 Å². The molecule has 0 saturated carbocycles. The molecule has 0 radical (unpaired) electrons. The van der Waals surface area contributed by atoms with Crippen molar-refractivity contribution in [3.63, 3.8) is 0 Å². The molecule has 0 atom stereocenters. The summed E-state index contributed by atoms with van der Waals surface area (Å²) < 4.78 is 5.66. The molecule has 4 nitrogen and oxygen atoms in total. The van der Waals surface area contributed by atoms with E-state index in [0.717, 1.165) is 17.9 Å². The number of aromatic nitrogens is 2. The maximum Gasteiger partial charge on any atom is 0.168 e.